The van der Waals surface area contributed by atoms with Crippen molar-refractivity contribution in [2.45, 2.75) is 39.3 Å². The molecule has 2 aromatic rings. The average molecular weight is 517 g/mol. The number of aliphatic imine (C=N–C) groups is 1. The first-order chi connectivity index (χ1) is 13.6. The van der Waals surface area contributed by atoms with Crippen LogP contribution in [0.5, 0.6) is 17.2 Å². The third kappa shape index (κ3) is 7.68. The van der Waals surface area contributed by atoms with E-state index in [4.69, 9.17) is 23.6 Å². The largest absolute Gasteiger partial charge is 0.493 e. The van der Waals surface area contributed by atoms with E-state index in [1.54, 1.807) is 27.6 Å². The maximum atomic E-state index is 5.42. The van der Waals surface area contributed by atoms with Crippen LogP contribution in [0.3, 0.4) is 0 Å². The summed E-state index contributed by atoms with van der Waals surface area (Å²) in [6.07, 6.45) is 3.48. The summed E-state index contributed by atoms with van der Waals surface area (Å²) in [4.78, 5) is 4.72. The fourth-order valence-electron chi connectivity index (χ4n) is 2.64. The molecule has 0 fully saturated rings. The van der Waals surface area contributed by atoms with Crippen LogP contribution in [0.15, 0.2) is 39.9 Å². The van der Waals surface area contributed by atoms with Gasteiger partial charge in [-0.1, -0.05) is 6.92 Å². The molecule has 29 heavy (non-hydrogen) atoms. The molecule has 2 rings (SSSR count). The fourth-order valence-corrected chi connectivity index (χ4v) is 2.64. The number of ether oxygens (including phenoxy) is 3. The highest BCUT2D eigenvalue weighted by Gasteiger charge is 2.13. The maximum absolute atomic E-state index is 5.42. The Balaban J connectivity index is 0.00000420. The Hall–Kier alpha value is -2.10. The van der Waals surface area contributed by atoms with Gasteiger partial charge in [-0.15, -0.1) is 24.0 Å². The molecule has 0 spiro atoms. The first-order valence-corrected chi connectivity index (χ1v) is 9.47. The Morgan fingerprint density at radius 1 is 1.14 bits per heavy atom. The lowest BCUT2D eigenvalue weighted by Crippen LogP contribution is -2.42. The zero-order chi connectivity index (χ0) is 20.4. The zero-order valence-corrected chi connectivity index (χ0v) is 20.1. The van der Waals surface area contributed by atoms with Crippen molar-refractivity contribution in [3.63, 3.8) is 0 Å². The van der Waals surface area contributed by atoms with Gasteiger partial charge in [-0.2, -0.15) is 0 Å². The number of nitrogens with zero attached hydrogens (tertiary/aromatic N) is 1. The molecular weight excluding hydrogens is 485 g/mol. The molecular formula is C21H32IN3O4. The quantitative estimate of drug-likeness (QED) is 0.282. The average Bonchev–Trinajstić information content (AvgIpc) is 3.24. The summed E-state index contributed by atoms with van der Waals surface area (Å²) in [7, 11) is 4.81. The second-order valence-corrected chi connectivity index (χ2v) is 6.41. The molecule has 0 aliphatic carbocycles. The van der Waals surface area contributed by atoms with E-state index >= 15 is 0 Å². The lowest BCUT2D eigenvalue weighted by molar-refractivity contribution is 0.324. The molecule has 1 heterocycles. The van der Waals surface area contributed by atoms with Gasteiger partial charge in [0.05, 0.1) is 34.1 Å². The van der Waals surface area contributed by atoms with E-state index in [1.807, 2.05) is 24.3 Å². The van der Waals surface area contributed by atoms with E-state index < -0.39 is 0 Å². The van der Waals surface area contributed by atoms with E-state index in [-0.39, 0.29) is 24.0 Å². The number of guanidine groups is 1. The number of hydrogen-bond acceptors (Lipinski definition) is 5. The number of halogens is 1. The van der Waals surface area contributed by atoms with Crippen LogP contribution in [0.2, 0.25) is 0 Å². The first kappa shape index (κ1) is 24.9. The fraction of sp³-hybridized carbons (Fsp3) is 0.476. The molecule has 0 amide bonds. The molecule has 0 radical (unpaired) electrons. The minimum atomic E-state index is 0. The Bertz CT molecular complexity index is 725. The normalized spacial score (nSPS) is 12.0. The highest BCUT2D eigenvalue weighted by atomic mass is 127. The van der Waals surface area contributed by atoms with Crippen LogP contribution >= 0.6 is 24.0 Å². The molecule has 0 aliphatic rings. The van der Waals surface area contributed by atoms with E-state index in [0.29, 0.717) is 29.8 Å². The van der Waals surface area contributed by atoms with Crippen LogP contribution in [0.1, 0.15) is 31.6 Å². The highest BCUT2D eigenvalue weighted by molar-refractivity contribution is 14.0. The van der Waals surface area contributed by atoms with Crippen molar-refractivity contribution in [3.8, 4) is 17.2 Å². The van der Waals surface area contributed by atoms with Crippen molar-refractivity contribution in [3.05, 3.63) is 41.9 Å². The topological polar surface area (TPSA) is 77.3 Å². The molecule has 1 aromatic heterocycles. The molecule has 162 valence electrons. The van der Waals surface area contributed by atoms with Crippen molar-refractivity contribution in [2.75, 3.05) is 27.9 Å². The predicted molar refractivity (Wildman–Crippen MR) is 126 cm³/mol. The Kier molecular flexibility index (Phi) is 11.3. The van der Waals surface area contributed by atoms with Crippen LogP contribution < -0.4 is 24.8 Å². The maximum Gasteiger partial charge on any atom is 0.203 e. The minimum Gasteiger partial charge on any atom is -0.493 e. The zero-order valence-electron chi connectivity index (χ0n) is 17.8. The van der Waals surface area contributed by atoms with E-state index in [2.05, 4.69) is 24.5 Å². The molecule has 0 bridgehead atoms. The highest BCUT2D eigenvalue weighted by Crippen LogP contribution is 2.38. The van der Waals surface area contributed by atoms with Crippen molar-refractivity contribution in [1.82, 2.24) is 10.6 Å². The Morgan fingerprint density at radius 3 is 2.34 bits per heavy atom. The monoisotopic (exact) mass is 517 g/mol. The van der Waals surface area contributed by atoms with Crippen molar-refractivity contribution < 1.29 is 18.6 Å². The molecule has 0 saturated heterocycles. The molecule has 8 heteroatoms. The summed E-state index contributed by atoms with van der Waals surface area (Å²) in [5, 5.41) is 6.78. The molecule has 7 nitrogen and oxygen atoms in total. The number of furan rings is 1. The summed E-state index contributed by atoms with van der Waals surface area (Å²) in [5.41, 5.74) is 0.964. The van der Waals surface area contributed by atoms with Gasteiger partial charge < -0.3 is 29.3 Å². The second kappa shape index (κ2) is 13.2. The van der Waals surface area contributed by atoms with Gasteiger partial charge in [0.1, 0.15) is 5.76 Å². The van der Waals surface area contributed by atoms with Crippen molar-refractivity contribution >= 4 is 29.9 Å². The van der Waals surface area contributed by atoms with Gasteiger partial charge >= 0.3 is 0 Å². The number of benzene rings is 1. The van der Waals surface area contributed by atoms with E-state index in [1.165, 1.54) is 0 Å². The minimum absolute atomic E-state index is 0. The summed E-state index contributed by atoms with van der Waals surface area (Å²) < 4.78 is 21.6. The van der Waals surface area contributed by atoms with Crippen LogP contribution in [-0.2, 0) is 13.0 Å². The third-order valence-electron chi connectivity index (χ3n) is 4.38. The lowest BCUT2D eigenvalue weighted by atomic mass is 10.2. The first-order valence-electron chi connectivity index (χ1n) is 9.47. The number of hydrogen-bond donors (Lipinski definition) is 2. The van der Waals surface area contributed by atoms with Gasteiger partial charge in [0.25, 0.3) is 0 Å². The molecule has 0 saturated carbocycles. The lowest BCUT2D eigenvalue weighted by Gasteiger charge is -2.17. The summed E-state index contributed by atoms with van der Waals surface area (Å²) in [5.74, 6) is 3.52. The number of nitrogens with one attached hydrogen (secondary N) is 2. The molecule has 1 atom stereocenters. The van der Waals surface area contributed by atoms with Gasteiger partial charge in [0.2, 0.25) is 5.75 Å². The van der Waals surface area contributed by atoms with Crippen LogP contribution in [0, 0.1) is 0 Å². The molecule has 2 N–H and O–H groups in total. The molecule has 1 unspecified atom stereocenters. The Labute approximate surface area is 190 Å². The van der Waals surface area contributed by atoms with Gasteiger partial charge in [0.15, 0.2) is 17.5 Å². The predicted octanol–water partition coefficient (Wildman–Crippen LogP) is 4.00. The number of methoxy groups -OCH3 is 3. The smallest absolute Gasteiger partial charge is 0.203 e. The summed E-state index contributed by atoms with van der Waals surface area (Å²) >= 11 is 0. The van der Waals surface area contributed by atoms with Gasteiger partial charge in [-0.25, -0.2) is 4.99 Å². The second-order valence-electron chi connectivity index (χ2n) is 6.41. The van der Waals surface area contributed by atoms with Crippen LogP contribution in [0.4, 0.5) is 0 Å². The Morgan fingerprint density at radius 2 is 1.83 bits per heavy atom. The van der Waals surface area contributed by atoms with Gasteiger partial charge in [-0.05, 0) is 43.2 Å². The van der Waals surface area contributed by atoms with Gasteiger partial charge in [-0.3, -0.25) is 0 Å². The summed E-state index contributed by atoms with van der Waals surface area (Å²) in [6, 6.07) is 8.00. The molecule has 0 aliphatic heterocycles. The van der Waals surface area contributed by atoms with Crippen molar-refractivity contribution in [2.24, 2.45) is 4.99 Å². The van der Waals surface area contributed by atoms with Crippen LogP contribution in [0.25, 0.3) is 0 Å². The van der Waals surface area contributed by atoms with E-state index in [0.717, 1.165) is 36.7 Å². The number of rotatable bonds is 10. The van der Waals surface area contributed by atoms with Crippen LogP contribution in [-0.4, -0.2) is 39.9 Å². The van der Waals surface area contributed by atoms with E-state index in [9.17, 15) is 0 Å². The van der Waals surface area contributed by atoms with Gasteiger partial charge in [0, 0.05) is 19.0 Å². The SMILES string of the molecule is CCC(C)NC(=NCc1cc(OC)c(OC)c(OC)c1)NCCc1ccco1.I. The molecule has 1 aromatic carbocycles. The standard InChI is InChI=1S/C21H31N3O4.HI/c1-6-15(2)24-21(22-10-9-17-8-7-11-28-17)23-14-16-12-18(25-3)20(27-5)19(13-16)26-4;/h7-8,11-13,15H,6,9-10,14H2,1-5H3,(H2,22,23,24);1H. The third-order valence-corrected chi connectivity index (χ3v) is 4.38. The summed E-state index contributed by atoms with van der Waals surface area (Å²) in [6.45, 7) is 5.47. The van der Waals surface area contributed by atoms with Crippen molar-refractivity contribution in [1.29, 1.82) is 0 Å².